The van der Waals surface area contributed by atoms with E-state index in [0.717, 1.165) is 128 Å². The van der Waals surface area contributed by atoms with E-state index in [1.807, 2.05) is 13.8 Å². The van der Waals surface area contributed by atoms with Crippen molar-refractivity contribution in [2.45, 2.75) is 255 Å². The number of guanidine groups is 3. The van der Waals surface area contributed by atoms with E-state index in [0.29, 0.717) is 24.3 Å². The zero-order valence-electron chi connectivity index (χ0n) is 55.6. The van der Waals surface area contributed by atoms with E-state index in [2.05, 4.69) is 57.2 Å². The molecule has 4 fully saturated rings. The summed E-state index contributed by atoms with van der Waals surface area (Å²) in [5.74, 6) is -5.80. The van der Waals surface area contributed by atoms with Gasteiger partial charge in [0.2, 0.25) is 46.8 Å². The lowest BCUT2D eigenvalue weighted by Crippen LogP contribution is -2.60. The fourth-order valence-electron chi connectivity index (χ4n) is 13.9. The molecular weight excluding hydrogens is 1200 g/mol. The van der Waals surface area contributed by atoms with Gasteiger partial charge in [0.15, 0.2) is 17.9 Å². The van der Waals surface area contributed by atoms with Crippen molar-refractivity contribution in [3.63, 3.8) is 0 Å². The topological polar surface area (TPSA) is 475 Å². The smallest absolute Gasteiger partial charge is 0.257 e. The van der Waals surface area contributed by atoms with E-state index in [1.54, 1.807) is 16.7 Å². The van der Waals surface area contributed by atoms with Crippen molar-refractivity contribution in [2.75, 3.05) is 19.6 Å². The maximum absolute atomic E-state index is 15.2. The molecule has 28 heteroatoms. The van der Waals surface area contributed by atoms with E-state index in [4.69, 9.17) is 40.1 Å². The van der Waals surface area contributed by atoms with Gasteiger partial charge in [-0.3, -0.25) is 58.1 Å². The van der Waals surface area contributed by atoms with Crippen LogP contribution in [0.15, 0.2) is 38.1 Å². The zero-order chi connectivity index (χ0) is 68.1. The van der Waals surface area contributed by atoms with Crippen LogP contribution >= 0.6 is 0 Å². The number of aromatic nitrogens is 2. The SMILES string of the molecule is CCn1cc(C(=O)N[C@@H](CC2CCCCC2)C(=O)N[C@H](CCCN=C(N)N)C(=O)N[C@@H](CC2CCCCC2)C(=O)N[C@H](CCCN=C(N)N)C(=O)N[C@@H](CC2CCCCC2)C(=O)N[C@H](CCCN=C(N)N)C(=O)N[C@@H](CC2CCCCC2)C(N)=O)c(=O)c2ccc(C)nc21. The quantitative estimate of drug-likeness (QED) is 0.0264. The van der Waals surface area contributed by atoms with Crippen molar-refractivity contribution in [3.05, 3.63) is 39.8 Å². The summed E-state index contributed by atoms with van der Waals surface area (Å²) in [6.07, 6.45) is 21.4. The predicted octanol–water partition coefficient (Wildman–Crippen LogP) is 2.26. The molecule has 0 aliphatic heterocycles. The third-order valence-corrected chi connectivity index (χ3v) is 19.1. The van der Waals surface area contributed by atoms with Crippen LogP contribution in [0.3, 0.4) is 0 Å². The van der Waals surface area contributed by atoms with Crippen LogP contribution in [-0.2, 0) is 40.1 Å². The molecule has 4 aliphatic carbocycles. The lowest BCUT2D eigenvalue weighted by Gasteiger charge is -2.31. The average Bonchev–Trinajstić information content (AvgIpc) is 0.785. The van der Waals surface area contributed by atoms with Crippen LogP contribution < -0.4 is 82.8 Å². The number of pyridine rings is 2. The van der Waals surface area contributed by atoms with Gasteiger partial charge in [-0.1, -0.05) is 128 Å². The Hall–Kier alpha value is -8.07. The molecule has 7 atom stereocenters. The number of nitrogens with zero attached hydrogens (tertiary/aromatic N) is 5. The molecule has 2 aromatic rings. The Kier molecular flexibility index (Phi) is 31.1. The maximum Gasteiger partial charge on any atom is 0.257 e. The Morgan fingerprint density at radius 1 is 0.457 bits per heavy atom. The van der Waals surface area contributed by atoms with Gasteiger partial charge in [0.25, 0.3) is 5.91 Å². The summed E-state index contributed by atoms with van der Waals surface area (Å²) in [6.45, 7) is 4.39. The molecule has 2 aromatic heterocycles. The second-order valence-electron chi connectivity index (χ2n) is 26.6. The first-order valence-electron chi connectivity index (χ1n) is 34.7. The van der Waals surface area contributed by atoms with Crippen molar-refractivity contribution < 1.29 is 38.4 Å². The fourth-order valence-corrected chi connectivity index (χ4v) is 13.9. The Balaban J connectivity index is 1.28. The summed E-state index contributed by atoms with van der Waals surface area (Å²) >= 11 is 0. The molecule has 94 heavy (non-hydrogen) atoms. The Labute approximate surface area is 552 Å². The van der Waals surface area contributed by atoms with Crippen molar-refractivity contribution in [3.8, 4) is 0 Å². The van der Waals surface area contributed by atoms with E-state index in [1.165, 1.54) is 6.20 Å². The molecule has 0 bridgehead atoms. The van der Waals surface area contributed by atoms with Gasteiger partial charge >= 0.3 is 0 Å². The molecule has 21 N–H and O–H groups in total. The van der Waals surface area contributed by atoms with Crippen molar-refractivity contribution in [2.24, 2.45) is 78.8 Å². The Bertz CT molecular complexity index is 2990. The van der Waals surface area contributed by atoms with Gasteiger partial charge < -0.3 is 81.9 Å². The highest BCUT2D eigenvalue weighted by atomic mass is 16.2. The number of aryl methyl sites for hydroxylation is 2. The molecule has 6 rings (SSSR count). The normalized spacial score (nSPS) is 18.1. The first-order valence-corrected chi connectivity index (χ1v) is 34.7. The summed E-state index contributed by atoms with van der Waals surface area (Å²) < 4.78 is 1.71. The number of nitrogens with two attached hydrogens (primary N) is 7. The lowest BCUT2D eigenvalue weighted by molar-refractivity contribution is -0.136. The van der Waals surface area contributed by atoms with Crippen molar-refractivity contribution in [1.82, 2.24) is 46.8 Å². The summed E-state index contributed by atoms with van der Waals surface area (Å²) in [6, 6.07) is -5.09. The van der Waals surface area contributed by atoms with Gasteiger partial charge in [0.05, 0.1) is 5.39 Å². The van der Waals surface area contributed by atoms with Crippen LogP contribution in [-0.4, -0.2) is 137 Å². The second-order valence-corrected chi connectivity index (χ2v) is 26.6. The molecule has 0 aromatic carbocycles. The second kappa shape index (κ2) is 39.0. The minimum atomic E-state index is -1.31. The molecule has 0 saturated heterocycles. The Morgan fingerprint density at radius 2 is 0.766 bits per heavy atom. The standard InChI is InChI=1S/C66H109N19O9/c1-3-85-39-46(54(86)45-31-30-40(2)77-56(45)85)57(88)82-51(36-42-21-10-5-11-22-42)61(92)79-48(28-17-33-75-65(70)71)59(90)84-53(38-44-25-14-7-15-26-44)63(94)80-49(29-18-34-76-66(72)73)60(91)83-52(37-43-23-12-6-13-24-43)62(93)78-47(27-16-32-74-64(68)69)58(89)81-50(55(67)87)35-41-19-8-4-9-20-41/h30-31,39,41-44,47-53H,3-29,32-38H2,1-2H3,(H2,67,87)(H,78,93)(H,79,92)(H,80,94)(H,81,89)(H,82,88)(H,83,91)(H,84,90)(H4,68,69,74)(H4,70,71,75)(H4,72,73,76)/t47-,48-,49-,50+,51+,52+,53+/m1/s1. The molecule has 522 valence electrons. The Morgan fingerprint density at radius 3 is 1.10 bits per heavy atom. The third-order valence-electron chi connectivity index (χ3n) is 19.1. The maximum atomic E-state index is 15.2. The number of hydrogen-bond donors (Lipinski definition) is 14. The number of primary amides is 1. The highest BCUT2D eigenvalue weighted by Crippen LogP contribution is 2.31. The molecule has 0 unspecified atom stereocenters. The molecule has 0 radical (unpaired) electrons. The van der Waals surface area contributed by atoms with Crippen LogP contribution in [0.5, 0.6) is 0 Å². The number of hydrogen-bond acceptors (Lipinski definition) is 13. The minimum absolute atomic E-state index is 0.000239. The summed E-state index contributed by atoms with van der Waals surface area (Å²) in [5.41, 5.74) is 40.3. The molecule has 0 spiro atoms. The predicted molar refractivity (Wildman–Crippen MR) is 363 cm³/mol. The zero-order valence-corrected chi connectivity index (χ0v) is 55.6. The number of amides is 8. The van der Waals surface area contributed by atoms with Crippen LogP contribution in [0.2, 0.25) is 0 Å². The first-order chi connectivity index (χ1) is 45.1. The van der Waals surface area contributed by atoms with Crippen LogP contribution in [0, 0.1) is 30.6 Å². The third kappa shape index (κ3) is 25.0. The highest BCUT2D eigenvalue weighted by Gasteiger charge is 2.37. The largest absolute Gasteiger partial charge is 0.370 e. The van der Waals surface area contributed by atoms with Crippen LogP contribution in [0.1, 0.15) is 216 Å². The number of nitrogens with one attached hydrogen (secondary N) is 7. The molecule has 4 saturated carbocycles. The summed E-state index contributed by atoms with van der Waals surface area (Å²) in [5, 5.41) is 20.6. The van der Waals surface area contributed by atoms with Crippen LogP contribution in [0.4, 0.5) is 0 Å². The molecule has 28 nitrogen and oxygen atoms in total. The van der Waals surface area contributed by atoms with Gasteiger partial charge in [0.1, 0.15) is 53.5 Å². The number of carbonyl (C=O) groups excluding carboxylic acids is 8. The van der Waals surface area contributed by atoms with E-state index in [9.17, 15) is 28.8 Å². The number of aliphatic imine (C=N–C) groups is 3. The fraction of sp³-hybridized carbons (Fsp3) is 0.712. The molecule has 4 aliphatic rings. The lowest BCUT2D eigenvalue weighted by atomic mass is 9.84. The number of fused-ring (bicyclic) bond motifs is 1. The molecule has 8 amide bonds. The van der Waals surface area contributed by atoms with E-state index >= 15 is 14.4 Å². The number of carbonyl (C=O) groups is 8. The van der Waals surface area contributed by atoms with Gasteiger partial charge in [-0.2, -0.15) is 0 Å². The summed E-state index contributed by atoms with van der Waals surface area (Å²) in [4.78, 5) is 147. The summed E-state index contributed by atoms with van der Waals surface area (Å²) in [7, 11) is 0. The monoisotopic (exact) mass is 1310 g/mol. The minimum Gasteiger partial charge on any atom is -0.370 e. The first kappa shape index (κ1) is 75.0. The highest BCUT2D eigenvalue weighted by molar-refractivity contribution is 6.01. The van der Waals surface area contributed by atoms with Crippen molar-refractivity contribution in [1.29, 1.82) is 0 Å². The van der Waals surface area contributed by atoms with Crippen molar-refractivity contribution >= 4 is 76.2 Å². The van der Waals surface area contributed by atoms with E-state index in [-0.39, 0.29) is 130 Å². The van der Waals surface area contributed by atoms with Gasteiger partial charge in [-0.15, -0.1) is 0 Å². The van der Waals surface area contributed by atoms with Gasteiger partial charge in [-0.25, -0.2) is 4.98 Å². The van der Waals surface area contributed by atoms with Crippen LogP contribution in [0.25, 0.3) is 11.0 Å². The molecular formula is C66H109N19O9. The number of rotatable bonds is 36. The van der Waals surface area contributed by atoms with E-state index < -0.39 is 95.0 Å². The van der Waals surface area contributed by atoms with Gasteiger partial charge in [-0.05, 0) is 114 Å². The van der Waals surface area contributed by atoms with Gasteiger partial charge in [0, 0.05) is 38.1 Å². The molecule has 2 heterocycles. The average molecular weight is 1310 g/mol.